The summed E-state index contributed by atoms with van der Waals surface area (Å²) in [7, 11) is 1.61. The number of esters is 1. The van der Waals surface area contributed by atoms with Crippen LogP contribution in [0.5, 0.6) is 11.5 Å². The van der Waals surface area contributed by atoms with Crippen LogP contribution in [-0.2, 0) is 14.3 Å². The normalized spacial score (nSPS) is 12.2. The number of amides is 1. The lowest BCUT2D eigenvalue weighted by Gasteiger charge is -2.18. The summed E-state index contributed by atoms with van der Waals surface area (Å²) in [5.41, 5.74) is 1.15. The van der Waals surface area contributed by atoms with Gasteiger partial charge in [-0.3, -0.25) is 14.4 Å². The van der Waals surface area contributed by atoms with Crippen LogP contribution in [0.3, 0.4) is 0 Å². The first-order valence-electron chi connectivity index (χ1n) is 8.94. The van der Waals surface area contributed by atoms with E-state index in [0.717, 1.165) is 0 Å². The standard InChI is InChI=1S/C21H21NO6/c1-22(16-5-3-2-4-6-16)20(24)14-28-21(25)10-8-17(23)15-7-9-18-19(13-15)27-12-11-26-18/h2-7,9,13H,8,10-12,14H2,1H3. The minimum absolute atomic E-state index is 0.0127. The Bertz CT molecular complexity index is 864. The Balaban J connectivity index is 1.45. The van der Waals surface area contributed by atoms with Crippen LogP contribution in [0, 0.1) is 0 Å². The van der Waals surface area contributed by atoms with Crippen LogP contribution in [0.25, 0.3) is 0 Å². The molecule has 1 heterocycles. The zero-order chi connectivity index (χ0) is 19.9. The number of anilines is 1. The summed E-state index contributed by atoms with van der Waals surface area (Å²) in [6.45, 7) is 0.537. The van der Waals surface area contributed by atoms with Gasteiger partial charge in [-0.25, -0.2) is 0 Å². The Kier molecular flexibility index (Phi) is 6.26. The second-order valence-corrected chi connectivity index (χ2v) is 6.23. The quantitative estimate of drug-likeness (QED) is 0.540. The number of Topliss-reactive ketones (excluding diaryl/α,β-unsaturated/α-hetero) is 1. The van der Waals surface area contributed by atoms with Crippen molar-refractivity contribution in [2.45, 2.75) is 12.8 Å². The number of likely N-dealkylation sites (N-methyl/N-ethyl adjacent to an activating group) is 1. The molecule has 0 bridgehead atoms. The molecule has 0 radical (unpaired) electrons. The summed E-state index contributed by atoms with van der Waals surface area (Å²) in [4.78, 5) is 37.7. The van der Waals surface area contributed by atoms with Gasteiger partial charge >= 0.3 is 5.97 Å². The fraction of sp³-hybridized carbons (Fsp3) is 0.286. The summed E-state index contributed by atoms with van der Waals surface area (Å²) in [5.74, 6) is -0.0300. The fourth-order valence-electron chi connectivity index (χ4n) is 2.68. The van der Waals surface area contributed by atoms with Crippen LogP contribution in [0.2, 0.25) is 0 Å². The molecule has 0 N–H and O–H groups in total. The molecule has 2 aromatic carbocycles. The first-order valence-corrected chi connectivity index (χ1v) is 8.94. The number of hydrogen-bond donors (Lipinski definition) is 0. The van der Waals surface area contributed by atoms with E-state index in [1.54, 1.807) is 37.4 Å². The highest BCUT2D eigenvalue weighted by atomic mass is 16.6. The lowest BCUT2D eigenvalue weighted by Crippen LogP contribution is -2.31. The number of benzene rings is 2. The maximum absolute atomic E-state index is 12.3. The lowest BCUT2D eigenvalue weighted by molar-refractivity contribution is -0.147. The molecular weight excluding hydrogens is 362 g/mol. The van der Waals surface area contributed by atoms with Crippen LogP contribution in [0.15, 0.2) is 48.5 Å². The van der Waals surface area contributed by atoms with Crippen molar-refractivity contribution in [1.29, 1.82) is 0 Å². The van der Waals surface area contributed by atoms with Gasteiger partial charge in [-0.15, -0.1) is 0 Å². The molecule has 1 aliphatic heterocycles. The smallest absolute Gasteiger partial charge is 0.306 e. The fourth-order valence-corrected chi connectivity index (χ4v) is 2.68. The average Bonchev–Trinajstić information content (AvgIpc) is 2.75. The molecule has 0 unspecified atom stereocenters. The molecule has 0 saturated carbocycles. The van der Waals surface area contributed by atoms with E-state index in [0.29, 0.717) is 36.0 Å². The number of nitrogens with zero attached hydrogens (tertiary/aromatic N) is 1. The van der Waals surface area contributed by atoms with Crippen LogP contribution < -0.4 is 14.4 Å². The molecule has 7 heteroatoms. The van der Waals surface area contributed by atoms with Crippen molar-refractivity contribution in [2.24, 2.45) is 0 Å². The maximum Gasteiger partial charge on any atom is 0.306 e. The van der Waals surface area contributed by atoms with E-state index >= 15 is 0 Å². The number of hydrogen-bond acceptors (Lipinski definition) is 6. The van der Waals surface area contributed by atoms with Gasteiger partial charge in [0.15, 0.2) is 23.9 Å². The number of carbonyl (C=O) groups excluding carboxylic acids is 3. The third-order valence-electron chi connectivity index (χ3n) is 4.29. The molecule has 0 aromatic heterocycles. The van der Waals surface area contributed by atoms with Crippen LogP contribution in [0.4, 0.5) is 5.69 Å². The van der Waals surface area contributed by atoms with Crippen molar-refractivity contribution in [3.63, 3.8) is 0 Å². The summed E-state index contributed by atoms with van der Waals surface area (Å²) in [6.07, 6.45) is -0.114. The minimum atomic E-state index is -0.597. The highest BCUT2D eigenvalue weighted by Gasteiger charge is 2.17. The zero-order valence-corrected chi connectivity index (χ0v) is 15.6. The minimum Gasteiger partial charge on any atom is -0.486 e. The van der Waals surface area contributed by atoms with Crippen LogP contribution in [0.1, 0.15) is 23.2 Å². The molecule has 0 spiro atoms. The molecule has 146 valence electrons. The van der Waals surface area contributed by atoms with Gasteiger partial charge in [0.2, 0.25) is 0 Å². The van der Waals surface area contributed by atoms with E-state index in [9.17, 15) is 14.4 Å². The second kappa shape index (κ2) is 9.03. The number of carbonyl (C=O) groups is 3. The van der Waals surface area contributed by atoms with Gasteiger partial charge in [0, 0.05) is 24.7 Å². The summed E-state index contributed by atoms with van der Waals surface area (Å²) < 4.78 is 15.9. The topological polar surface area (TPSA) is 82.1 Å². The van der Waals surface area contributed by atoms with Gasteiger partial charge < -0.3 is 19.1 Å². The third kappa shape index (κ3) is 4.88. The van der Waals surface area contributed by atoms with E-state index < -0.39 is 5.97 Å². The third-order valence-corrected chi connectivity index (χ3v) is 4.29. The van der Waals surface area contributed by atoms with Gasteiger partial charge in [0.05, 0.1) is 6.42 Å². The van der Waals surface area contributed by atoms with Gasteiger partial charge in [-0.1, -0.05) is 18.2 Å². The zero-order valence-electron chi connectivity index (χ0n) is 15.6. The first-order chi connectivity index (χ1) is 13.5. The van der Waals surface area contributed by atoms with E-state index in [1.165, 1.54) is 4.90 Å². The monoisotopic (exact) mass is 383 g/mol. The number of rotatable bonds is 7. The van der Waals surface area contributed by atoms with Crippen molar-refractivity contribution in [1.82, 2.24) is 0 Å². The Labute approximate surface area is 162 Å². The molecule has 28 heavy (non-hydrogen) atoms. The molecule has 0 aliphatic carbocycles. The summed E-state index contributed by atoms with van der Waals surface area (Å²) >= 11 is 0. The van der Waals surface area contributed by atoms with Crippen LogP contribution >= 0.6 is 0 Å². The highest BCUT2D eigenvalue weighted by Crippen LogP contribution is 2.31. The molecular formula is C21H21NO6. The Morgan fingerprint density at radius 1 is 0.964 bits per heavy atom. The van der Waals surface area contributed by atoms with Crippen molar-refractivity contribution in [3.8, 4) is 11.5 Å². The second-order valence-electron chi connectivity index (χ2n) is 6.23. The van der Waals surface area contributed by atoms with Crippen molar-refractivity contribution in [3.05, 3.63) is 54.1 Å². The van der Waals surface area contributed by atoms with Crippen molar-refractivity contribution in [2.75, 3.05) is 31.8 Å². The Morgan fingerprint density at radius 3 is 2.43 bits per heavy atom. The van der Waals surface area contributed by atoms with Gasteiger partial charge in [-0.05, 0) is 30.3 Å². The molecule has 1 aliphatic rings. The summed E-state index contributed by atoms with van der Waals surface area (Å²) in [5, 5.41) is 0. The largest absolute Gasteiger partial charge is 0.486 e. The average molecular weight is 383 g/mol. The van der Waals surface area contributed by atoms with E-state index in [4.69, 9.17) is 14.2 Å². The van der Waals surface area contributed by atoms with Gasteiger partial charge in [-0.2, -0.15) is 0 Å². The predicted molar refractivity (Wildman–Crippen MR) is 102 cm³/mol. The van der Waals surface area contributed by atoms with Crippen molar-refractivity contribution < 1.29 is 28.6 Å². The van der Waals surface area contributed by atoms with E-state index in [-0.39, 0.29) is 31.1 Å². The number of ether oxygens (including phenoxy) is 3. The molecule has 7 nitrogen and oxygen atoms in total. The molecule has 0 saturated heterocycles. The number of ketones is 1. The van der Waals surface area contributed by atoms with Gasteiger partial charge in [0.25, 0.3) is 5.91 Å². The number of fused-ring (bicyclic) bond motifs is 1. The molecule has 0 atom stereocenters. The maximum atomic E-state index is 12.3. The molecule has 1 amide bonds. The lowest BCUT2D eigenvalue weighted by atomic mass is 10.1. The van der Waals surface area contributed by atoms with E-state index in [1.807, 2.05) is 18.2 Å². The van der Waals surface area contributed by atoms with E-state index in [2.05, 4.69) is 0 Å². The van der Waals surface area contributed by atoms with Crippen molar-refractivity contribution >= 4 is 23.3 Å². The first kappa shape index (κ1) is 19.4. The number of para-hydroxylation sites is 1. The predicted octanol–water partition coefficient (Wildman–Crippen LogP) is 2.63. The molecule has 3 rings (SSSR count). The van der Waals surface area contributed by atoms with Gasteiger partial charge in [0.1, 0.15) is 13.2 Å². The Morgan fingerprint density at radius 2 is 1.68 bits per heavy atom. The summed E-state index contributed by atoms with van der Waals surface area (Å²) in [6, 6.07) is 14.0. The molecule has 0 fully saturated rings. The highest BCUT2D eigenvalue weighted by molar-refractivity contribution is 5.98. The molecule has 2 aromatic rings. The SMILES string of the molecule is CN(C(=O)COC(=O)CCC(=O)c1ccc2c(c1)OCCO2)c1ccccc1. The van der Waals surface area contributed by atoms with Crippen LogP contribution in [-0.4, -0.2) is 44.5 Å². The Hall–Kier alpha value is -3.35.